The van der Waals surface area contributed by atoms with Gasteiger partial charge in [0.2, 0.25) is 0 Å². The molecule has 1 aromatic carbocycles. The Kier molecular flexibility index (Phi) is 6.00. The van der Waals surface area contributed by atoms with Crippen LogP contribution in [0, 0.1) is 0 Å². The van der Waals surface area contributed by atoms with Crippen LogP contribution in [0.4, 0.5) is 0 Å². The average molecular weight is 435 g/mol. The zero-order valence-electron chi connectivity index (χ0n) is 12.1. The van der Waals surface area contributed by atoms with Crippen molar-refractivity contribution >= 4 is 43.7 Å². The van der Waals surface area contributed by atoms with Crippen molar-refractivity contribution in [2.75, 3.05) is 0 Å². The summed E-state index contributed by atoms with van der Waals surface area (Å²) in [5, 5.41) is 12.6. The van der Waals surface area contributed by atoms with Crippen LogP contribution in [0.3, 0.4) is 0 Å². The predicted octanol–water partition coefficient (Wildman–Crippen LogP) is 3.17. The van der Waals surface area contributed by atoms with Crippen LogP contribution in [0.15, 0.2) is 21.1 Å². The van der Waals surface area contributed by atoms with Crippen molar-refractivity contribution in [2.45, 2.75) is 44.8 Å². The first-order valence-corrected chi connectivity index (χ1v) is 8.62. The first-order valence-electron chi connectivity index (χ1n) is 7.03. The van der Waals surface area contributed by atoms with E-state index in [9.17, 15) is 14.7 Å². The Morgan fingerprint density at radius 2 is 1.91 bits per heavy atom. The summed E-state index contributed by atoms with van der Waals surface area (Å²) in [6.07, 6.45) is 2.81. The van der Waals surface area contributed by atoms with Crippen molar-refractivity contribution in [3.8, 4) is 5.75 Å². The fourth-order valence-electron chi connectivity index (χ4n) is 2.50. The van der Waals surface area contributed by atoms with Gasteiger partial charge in [0.25, 0.3) is 5.91 Å². The number of benzene rings is 1. The lowest BCUT2D eigenvalue weighted by atomic mass is 9.93. The van der Waals surface area contributed by atoms with Gasteiger partial charge in [-0.05, 0) is 69.7 Å². The van der Waals surface area contributed by atoms with Crippen LogP contribution in [0.2, 0.25) is 0 Å². The fourth-order valence-corrected chi connectivity index (χ4v) is 3.84. The lowest BCUT2D eigenvalue weighted by Gasteiger charge is -2.26. The molecule has 2 atom stereocenters. The second kappa shape index (κ2) is 7.57. The largest absolute Gasteiger partial charge is 0.424 e. The molecule has 120 valence electrons. The summed E-state index contributed by atoms with van der Waals surface area (Å²) in [6.45, 7) is 1.31. The topological polar surface area (TPSA) is 75.6 Å². The van der Waals surface area contributed by atoms with Gasteiger partial charge in [0.05, 0.1) is 15.0 Å². The highest BCUT2D eigenvalue weighted by atomic mass is 79.9. The molecule has 2 N–H and O–H groups in total. The molecule has 1 aliphatic rings. The highest BCUT2D eigenvalue weighted by Crippen LogP contribution is 2.35. The highest BCUT2D eigenvalue weighted by Gasteiger charge is 2.23. The number of carbonyl (C=O) groups is 2. The molecule has 7 heteroatoms. The first-order chi connectivity index (χ1) is 10.4. The third kappa shape index (κ3) is 4.54. The number of esters is 1. The minimum Gasteiger partial charge on any atom is -0.424 e. The van der Waals surface area contributed by atoms with Crippen LogP contribution in [0.5, 0.6) is 5.75 Å². The van der Waals surface area contributed by atoms with Crippen molar-refractivity contribution in [1.82, 2.24) is 5.32 Å². The number of nitrogens with one attached hydrogen (secondary N) is 1. The molecular formula is C15H17Br2NO4. The van der Waals surface area contributed by atoms with Crippen molar-refractivity contribution < 1.29 is 19.4 Å². The molecule has 0 bridgehead atoms. The number of carbonyl (C=O) groups excluding carboxylic acids is 2. The minimum absolute atomic E-state index is 0.0121. The molecule has 0 aliphatic heterocycles. The van der Waals surface area contributed by atoms with Gasteiger partial charge >= 0.3 is 5.97 Å². The van der Waals surface area contributed by atoms with Crippen LogP contribution in [-0.4, -0.2) is 29.1 Å². The van der Waals surface area contributed by atoms with E-state index in [-0.39, 0.29) is 18.1 Å². The number of halogens is 2. The van der Waals surface area contributed by atoms with Crippen molar-refractivity contribution in [2.24, 2.45) is 0 Å². The Hall–Kier alpha value is -0.920. The molecule has 0 saturated heterocycles. The summed E-state index contributed by atoms with van der Waals surface area (Å²) in [5.74, 6) is -0.304. The van der Waals surface area contributed by atoms with Gasteiger partial charge in [0, 0.05) is 18.5 Å². The van der Waals surface area contributed by atoms with E-state index in [1.165, 1.54) is 6.92 Å². The lowest BCUT2D eigenvalue weighted by molar-refractivity contribution is -0.131. The summed E-state index contributed by atoms with van der Waals surface area (Å²) in [5.41, 5.74) is 0.453. The summed E-state index contributed by atoms with van der Waals surface area (Å²) in [7, 11) is 0. The number of aliphatic hydroxyl groups is 1. The standard InChI is InChI=1S/C15H17Br2NO4/c1-8(19)22-14-12(16)5-9(6-13(14)17)15(21)18-10-3-2-4-11(20)7-10/h5-6,10-11,20H,2-4,7H2,1H3,(H,18,21)/t10-,11+/m0/s1. The molecule has 5 nitrogen and oxygen atoms in total. The van der Waals surface area contributed by atoms with Gasteiger partial charge < -0.3 is 15.2 Å². The second-order valence-corrected chi connectivity index (χ2v) is 7.06. The Morgan fingerprint density at radius 3 is 2.45 bits per heavy atom. The van der Waals surface area contributed by atoms with E-state index < -0.39 is 5.97 Å². The van der Waals surface area contributed by atoms with E-state index in [0.717, 1.165) is 19.3 Å². The lowest BCUT2D eigenvalue weighted by Crippen LogP contribution is -2.39. The molecule has 1 amide bonds. The average Bonchev–Trinajstić information content (AvgIpc) is 2.42. The molecule has 1 fully saturated rings. The molecule has 1 aliphatic carbocycles. The van der Waals surface area contributed by atoms with E-state index >= 15 is 0 Å². The quantitative estimate of drug-likeness (QED) is 0.565. The van der Waals surface area contributed by atoms with Gasteiger partial charge in [-0.2, -0.15) is 0 Å². The van der Waals surface area contributed by atoms with E-state index in [1.807, 2.05) is 0 Å². The van der Waals surface area contributed by atoms with Crippen LogP contribution in [-0.2, 0) is 4.79 Å². The molecule has 0 unspecified atom stereocenters. The van der Waals surface area contributed by atoms with Gasteiger partial charge in [-0.15, -0.1) is 0 Å². The second-order valence-electron chi connectivity index (χ2n) is 5.35. The Bertz CT molecular complexity index is 568. The molecular weight excluding hydrogens is 418 g/mol. The minimum atomic E-state index is -0.435. The van der Waals surface area contributed by atoms with Gasteiger partial charge in [-0.3, -0.25) is 9.59 Å². The SMILES string of the molecule is CC(=O)Oc1c(Br)cc(C(=O)N[C@H]2CCC[C@@H](O)C2)cc1Br. The number of hydrogen-bond donors (Lipinski definition) is 2. The Balaban J connectivity index is 2.11. The van der Waals surface area contributed by atoms with Gasteiger partial charge in [-0.25, -0.2) is 0 Å². The smallest absolute Gasteiger partial charge is 0.308 e. The monoisotopic (exact) mass is 433 g/mol. The maximum absolute atomic E-state index is 12.3. The van der Waals surface area contributed by atoms with Crippen LogP contribution in [0.1, 0.15) is 43.0 Å². The van der Waals surface area contributed by atoms with Gasteiger partial charge in [0.1, 0.15) is 0 Å². The summed E-state index contributed by atoms with van der Waals surface area (Å²) in [4.78, 5) is 23.4. The third-order valence-electron chi connectivity index (χ3n) is 3.49. The van der Waals surface area contributed by atoms with Crippen LogP contribution in [0.25, 0.3) is 0 Å². The van der Waals surface area contributed by atoms with Crippen molar-refractivity contribution in [3.05, 3.63) is 26.6 Å². The van der Waals surface area contributed by atoms with Crippen molar-refractivity contribution in [3.63, 3.8) is 0 Å². The Labute approximate surface area is 145 Å². The molecule has 1 aromatic rings. The molecule has 1 saturated carbocycles. The maximum atomic E-state index is 12.3. The fraction of sp³-hybridized carbons (Fsp3) is 0.467. The number of rotatable bonds is 3. The number of hydrogen-bond acceptors (Lipinski definition) is 4. The van der Waals surface area contributed by atoms with E-state index in [1.54, 1.807) is 12.1 Å². The molecule has 0 heterocycles. The molecule has 2 rings (SSSR count). The molecule has 0 aromatic heterocycles. The zero-order valence-corrected chi connectivity index (χ0v) is 15.2. The number of amides is 1. The zero-order chi connectivity index (χ0) is 16.3. The Morgan fingerprint density at radius 1 is 1.27 bits per heavy atom. The third-order valence-corrected chi connectivity index (χ3v) is 4.67. The summed E-state index contributed by atoms with van der Waals surface area (Å²) in [6, 6.07) is 3.21. The molecule has 22 heavy (non-hydrogen) atoms. The number of aliphatic hydroxyl groups excluding tert-OH is 1. The van der Waals surface area contributed by atoms with Gasteiger partial charge in [0.15, 0.2) is 5.75 Å². The first kappa shape index (κ1) is 17.4. The van der Waals surface area contributed by atoms with Crippen molar-refractivity contribution in [1.29, 1.82) is 0 Å². The van der Waals surface area contributed by atoms with E-state index in [4.69, 9.17) is 4.74 Å². The normalized spacial score (nSPS) is 21.3. The summed E-state index contributed by atoms with van der Waals surface area (Å²) >= 11 is 6.60. The number of ether oxygens (including phenoxy) is 1. The van der Waals surface area contributed by atoms with Gasteiger partial charge in [-0.1, -0.05) is 0 Å². The van der Waals surface area contributed by atoms with E-state index in [2.05, 4.69) is 37.2 Å². The van der Waals surface area contributed by atoms with E-state index in [0.29, 0.717) is 26.7 Å². The predicted molar refractivity (Wildman–Crippen MR) is 88.9 cm³/mol. The molecule has 0 radical (unpaired) electrons. The summed E-state index contributed by atoms with van der Waals surface area (Å²) < 4.78 is 6.12. The maximum Gasteiger partial charge on any atom is 0.308 e. The van der Waals surface area contributed by atoms with Crippen LogP contribution < -0.4 is 10.1 Å². The molecule has 0 spiro atoms. The highest BCUT2D eigenvalue weighted by molar-refractivity contribution is 9.11. The van der Waals surface area contributed by atoms with Crippen LogP contribution >= 0.6 is 31.9 Å².